The molecule has 142 valence electrons. The van der Waals surface area contributed by atoms with E-state index in [0.717, 1.165) is 5.56 Å². The third-order valence-corrected chi connectivity index (χ3v) is 3.75. The Labute approximate surface area is 156 Å². The number of hydrazone groups is 1. The van der Waals surface area contributed by atoms with Gasteiger partial charge in [0.25, 0.3) is 0 Å². The molecule has 27 heavy (non-hydrogen) atoms. The molecule has 0 saturated heterocycles. The largest absolute Gasteiger partial charge is 0.504 e. The van der Waals surface area contributed by atoms with Crippen molar-refractivity contribution in [3.05, 3.63) is 53.6 Å². The minimum atomic E-state index is -0.891. The fourth-order valence-electron chi connectivity index (χ4n) is 2.23. The monoisotopic (exact) mass is 371 g/mol. The van der Waals surface area contributed by atoms with Crippen molar-refractivity contribution >= 4 is 18.0 Å². The first-order chi connectivity index (χ1) is 12.9. The number of ether oxygens (including phenoxy) is 2. The van der Waals surface area contributed by atoms with Gasteiger partial charge in [0.05, 0.1) is 26.5 Å². The predicted octanol–water partition coefficient (Wildman–Crippen LogP) is 1.74. The minimum absolute atomic E-state index is 0.00872. The summed E-state index contributed by atoms with van der Waals surface area (Å²) in [5, 5.41) is 15.8. The van der Waals surface area contributed by atoms with Gasteiger partial charge in [-0.05, 0) is 48.4 Å². The van der Waals surface area contributed by atoms with E-state index in [9.17, 15) is 14.7 Å². The fourth-order valence-corrected chi connectivity index (χ4v) is 2.23. The molecule has 0 aliphatic heterocycles. The number of phenols is 1. The first kappa shape index (κ1) is 19.8. The Hall–Kier alpha value is -3.55. The lowest BCUT2D eigenvalue weighted by molar-refractivity contribution is -0.139. The lowest BCUT2D eigenvalue weighted by atomic mass is 10.1. The molecule has 0 bridgehead atoms. The Balaban J connectivity index is 1.90. The molecule has 2 amide bonds. The van der Waals surface area contributed by atoms with E-state index in [0.29, 0.717) is 11.3 Å². The smallest absolute Gasteiger partial charge is 0.329 e. The van der Waals surface area contributed by atoms with Crippen molar-refractivity contribution in [3.8, 4) is 17.2 Å². The number of methoxy groups -OCH3 is 2. The van der Waals surface area contributed by atoms with Crippen LogP contribution >= 0.6 is 0 Å². The Morgan fingerprint density at radius 3 is 2.41 bits per heavy atom. The van der Waals surface area contributed by atoms with Crippen LogP contribution in [-0.4, -0.2) is 37.4 Å². The number of rotatable bonds is 6. The average molecular weight is 371 g/mol. The molecule has 0 aliphatic rings. The second kappa shape index (κ2) is 9.23. The van der Waals surface area contributed by atoms with Gasteiger partial charge in [-0.25, -0.2) is 5.43 Å². The number of carbonyl (C=O) groups excluding carboxylic acids is 2. The van der Waals surface area contributed by atoms with Gasteiger partial charge in [0.15, 0.2) is 11.5 Å². The van der Waals surface area contributed by atoms with E-state index in [1.54, 1.807) is 44.4 Å². The number of phenolic OH excluding ortho intramolecular Hbond substituents is 1. The Bertz CT molecular complexity index is 834. The van der Waals surface area contributed by atoms with Crippen LogP contribution in [0.5, 0.6) is 17.2 Å². The molecule has 2 rings (SSSR count). The number of amides is 2. The van der Waals surface area contributed by atoms with E-state index in [4.69, 9.17) is 9.47 Å². The van der Waals surface area contributed by atoms with Crippen LogP contribution in [0.3, 0.4) is 0 Å². The van der Waals surface area contributed by atoms with Crippen molar-refractivity contribution in [2.24, 2.45) is 5.10 Å². The normalized spacial score (nSPS) is 11.7. The van der Waals surface area contributed by atoms with Crippen LogP contribution in [0.1, 0.15) is 24.1 Å². The summed E-state index contributed by atoms with van der Waals surface area (Å²) in [6.07, 6.45) is 1.33. The molecule has 8 heteroatoms. The maximum absolute atomic E-state index is 12.0. The summed E-state index contributed by atoms with van der Waals surface area (Å²) in [6.45, 7) is 1.76. The van der Waals surface area contributed by atoms with Gasteiger partial charge in [0.1, 0.15) is 5.75 Å². The summed E-state index contributed by atoms with van der Waals surface area (Å²) in [7, 11) is 2.99. The van der Waals surface area contributed by atoms with Crippen LogP contribution in [0.25, 0.3) is 0 Å². The number of hydrogen-bond donors (Lipinski definition) is 3. The van der Waals surface area contributed by atoms with Crippen LogP contribution in [0.15, 0.2) is 47.6 Å². The second-order valence-corrected chi connectivity index (χ2v) is 5.60. The Morgan fingerprint density at radius 2 is 1.78 bits per heavy atom. The lowest BCUT2D eigenvalue weighted by Crippen LogP contribution is -2.39. The number of benzene rings is 2. The van der Waals surface area contributed by atoms with Gasteiger partial charge in [-0.15, -0.1) is 0 Å². The van der Waals surface area contributed by atoms with Crippen LogP contribution < -0.4 is 20.2 Å². The van der Waals surface area contributed by atoms with Gasteiger partial charge >= 0.3 is 11.8 Å². The highest BCUT2D eigenvalue weighted by atomic mass is 16.5. The van der Waals surface area contributed by atoms with Crippen molar-refractivity contribution < 1.29 is 24.2 Å². The topological polar surface area (TPSA) is 109 Å². The fraction of sp³-hybridized carbons (Fsp3) is 0.211. The Morgan fingerprint density at radius 1 is 1.07 bits per heavy atom. The molecule has 2 aromatic rings. The standard InChI is InChI=1S/C19H21N3O5/c1-12(14-5-7-15(26-2)8-6-14)21-18(24)19(25)22-20-11-13-4-9-16(23)17(10-13)27-3/h4-12,23H,1-3H3,(H,21,24)(H,22,25). The number of carbonyl (C=O) groups is 2. The van der Waals surface area contributed by atoms with Crippen LogP contribution in [0.2, 0.25) is 0 Å². The van der Waals surface area contributed by atoms with E-state index in [1.807, 2.05) is 0 Å². The van der Waals surface area contributed by atoms with E-state index in [-0.39, 0.29) is 17.5 Å². The number of hydrogen-bond acceptors (Lipinski definition) is 6. The van der Waals surface area contributed by atoms with Crippen molar-refractivity contribution in [1.82, 2.24) is 10.7 Å². The summed E-state index contributed by atoms with van der Waals surface area (Å²) in [6, 6.07) is 11.3. The number of aromatic hydroxyl groups is 1. The maximum atomic E-state index is 12.0. The van der Waals surface area contributed by atoms with Crippen molar-refractivity contribution in [1.29, 1.82) is 0 Å². The lowest BCUT2D eigenvalue weighted by Gasteiger charge is -2.13. The molecule has 0 radical (unpaired) electrons. The highest BCUT2D eigenvalue weighted by Gasteiger charge is 2.16. The molecule has 0 aromatic heterocycles. The van der Waals surface area contributed by atoms with E-state index >= 15 is 0 Å². The van der Waals surface area contributed by atoms with Crippen molar-refractivity contribution in [3.63, 3.8) is 0 Å². The minimum Gasteiger partial charge on any atom is -0.504 e. The molecule has 3 N–H and O–H groups in total. The van der Waals surface area contributed by atoms with Gasteiger partial charge in [-0.1, -0.05) is 12.1 Å². The molecule has 0 fully saturated rings. The van der Waals surface area contributed by atoms with Crippen molar-refractivity contribution in [2.45, 2.75) is 13.0 Å². The molecular formula is C19H21N3O5. The van der Waals surface area contributed by atoms with Gasteiger partial charge in [-0.3, -0.25) is 9.59 Å². The van der Waals surface area contributed by atoms with E-state index in [2.05, 4.69) is 15.8 Å². The van der Waals surface area contributed by atoms with Gasteiger partial charge < -0.3 is 19.9 Å². The third kappa shape index (κ3) is 5.46. The summed E-state index contributed by atoms with van der Waals surface area (Å²) < 4.78 is 10.1. The first-order valence-electron chi connectivity index (χ1n) is 8.09. The van der Waals surface area contributed by atoms with Crippen LogP contribution in [0.4, 0.5) is 0 Å². The van der Waals surface area contributed by atoms with Crippen LogP contribution in [-0.2, 0) is 9.59 Å². The quantitative estimate of drug-likeness (QED) is 0.407. The average Bonchev–Trinajstić information content (AvgIpc) is 2.69. The zero-order valence-corrected chi connectivity index (χ0v) is 15.2. The van der Waals surface area contributed by atoms with Crippen molar-refractivity contribution in [2.75, 3.05) is 14.2 Å². The van der Waals surface area contributed by atoms with E-state index in [1.165, 1.54) is 25.5 Å². The molecule has 8 nitrogen and oxygen atoms in total. The summed E-state index contributed by atoms with van der Waals surface area (Å²) in [4.78, 5) is 23.8. The molecule has 0 saturated carbocycles. The highest BCUT2D eigenvalue weighted by Crippen LogP contribution is 2.25. The molecule has 0 aliphatic carbocycles. The second-order valence-electron chi connectivity index (χ2n) is 5.60. The zero-order chi connectivity index (χ0) is 19.8. The van der Waals surface area contributed by atoms with Gasteiger partial charge in [0, 0.05) is 0 Å². The molecule has 1 atom stereocenters. The summed E-state index contributed by atoms with van der Waals surface area (Å²) in [5.41, 5.74) is 3.56. The third-order valence-electron chi connectivity index (χ3n) is 3.75. The SMILES string of the molecule is COc1ccc(C(C)NC(=O)C(=O)NN=Cc2ccc(O)c(OC)c2)cc1. The molecule has 2 aromatic carbocycles. The molecule has 0 spiro atoms. The van der Waals surface area contributed by atoms with Gasteiger partial charge in [-0.2, -0.15) is 5.10 Å². The predicted molar refractivity (Wildman–Crippen MR) is 99.9 cm³/mol. The van der Waals surface area contributed by atoms with E-state index < -0.39 is 11.8 Å². The maximum Gasteiger partial charge on any atom is 0.329 e. The molecular weight excluding hydrogens is 350 g/mol. The zero-order valence-electron chi connectivity index (χ0n) is 15.2. The van der Waals surface area contributed by atoms with Crippen LogP contribution in [0, 0.1) is 0 Å². The number of nitrogens with zero attached hydrogens (tertiary/aromatic N) is 1. The first-order valence-corrected chi connectivity index (χ1v) is 8.09. The number of nitrogens with one attached hydrogen (secondary N) is 2. The molecule has 1 unspecified atom stereocenters. The summed E-state index contributed by atoms with van der Waals surface area (Å²) in [5.74, 6) is -0.728. The van der Waals surface area contributed by atoms with Gasteiger partial charge in [0.2, 0.25) is 0 Å². The molecule has 0 heterocycles. The summed E-state index contributed by atoms with van der Waals surface area (Å²) >= 11 is 0. The highest BCUT2D eigenvalue weighted by molar-refractivity contribution is 6.35. The Kier molecular flexibility index (Phi) is 6.76.